The summed E-state index contributed by atoms with van der Waals surface area (Å²) in [6.07, 6.45) is 0.233. The zero-order valence-electron chi connectivity index (χ0n) is 14.7. The van der Waals surface area contributed by atoms with E-state index in [1.807, 2.05) is 25.1 Å². The zero-order chi connectivity index (χ0) is 18.5. The summed E-state index contributed by atoms with van der Waals surface area (Å²) >= 11 is 0. The molecule has 0 radical (unpaired) electrons. The predicted molar refractivity (Wildman–Crippen MR) is 97.4 cm³/mol. The number of carbonyl (C=O) groups is 1. The first-order valence-electron chi connectivity index (χ1n) is 8.30. The van der Waals surface area contributed by atoms with Crippen molar-refractivity contribution in [3.8, 4) is 17.1 Å². The third kappa shape index (κ3) is 4.30. The van der Waals surface area contributed by atoms with Crippen LogP contribution in [0.15, 0.2) is 59.0 Å². The number of furan rings is 1. The largest absolute Gasteiger partial charge is 0.496 e. The lowest BCUT2D eigenvalue weighted by Crippen LogP contribution is -2.24. The molecule has 0 fully saturated rings. The molecule has 5 heteroatoms. The Balaban J connectivity index is 1.60. The monoisotopic (exact) mass is 353 g/mol. The Morgan fingerprint density at radius 1 is 1.12 bits per heavy atom. The van der Waals surface area contributed by atoms with Gasteiger partial charge in [0.05, 0.1) is 20.1 Å². The predicted octanol–water partition coefficient (Wildman–Crippen LogP) is 4.26. The van der Waals surface area contributed by atoms with Gasteiger partial charge in [0, 0.05) is 11.1 Å². The minimum Gasteiger partial charge on any atom is -0.496 e. The molecule has 2 aromatic carbocycles. The second-order valence-corrected chi connectivity index (χ2v) is 6.04. The second kappa shape index (κ2) is 7.87. The number of amides is 1. The molecule has 0 aliphatic carbocycles. The number of rotatable bonds is 6. The molecule has 0 bridgehead atoms. The van der Waals surface area contributed by atoms with Gasteiger partial charge in [-0.25, -0.2) is 4.39 Å². The fourth-order valence-electron chi connectivity index (χ4n) is 2.71. The first kappa shape index (κ1) is 17.7. The SMILES string of the molecule is COc1ccc(C)cc1CC(=O)NCc1ccc(-c2ccc(F)cc2)o1. The van der Waals surface area contributed by atoms with Crippen LogP contribution in [0.1, 0.15) is 16.9 Å². The minimum atomic E-state index is -0.292. The van der Waals surface area contributed by atoms with Crippen molar-refractivity contribution < 1.29 is 18.3 Å². The fraction of sp³-hybridized carbons (Fsp3) is 0.190. The van der Waals surface area contributed by atoms with Gasteiger partial charge in [0.15, 0.2) is 0 Å². The van der Waals surface area contributed by atoms with E-state index in [-0.39, 0.29) is 24.7 Å². The Morgan fingerprint density at radius 2 is 1.88 bits per heavy atom. The minimum absolute atomic E-state index is 0.117. The molecule has 1 N–H and O–H groups in total. The lowest BCUT2D eigenvalue weighted by atomic mass is 10.1. The smallest absolute Gasteiger partial charge is 0.224 e. The van der Waals surface area contributed by atoms with Crippen molar-refractivity contribution in [2.75, 3.05) is 7.11 Å². The molecule has 0 saturated heterocycles. The summed E-state index contributed by atoms with van der Waals surface area (Å²) in [5.41, 5.74) is 2.70. The topological polar surface area (TPSA) is 51.5 Å². The van der Waals surface area contributed by atoms with E-state index in [1.54, 1.807) is 31.4 Å². The van der Waals surface area contributed by atoms with Crippen LogP contribution >= 0.6 is 0 Å². The Morgan fingerprint density at radius 3 is 2.62 bits per heavy atom. The highest BCUT2D eigenvalue weighted by Crippen LogP contribution is 2.23. The summed E-state index contributed by atoms with van der Waals surface area (Å²) in [6.45, 7) is 2.26. The zero-order valence-corrected chi connectivity index (χ0v) is 14.7. The van der Waals surface area contributed by atoms with Crippen LogP contribution in [0.3, 0.4) is 0 Å². The quantitative estimate of drug-likeness (QED) is 0.720. The van der Waals surface area contributed by atoms with Gasteiger partial charge in [-0.2, -0.15) is 0 Å². The van der Waals surface area contributed by atoms with Gasteiger partial charge in [0.1, 0.15) is 23.1 Å². The molecule has 1 amide bonds. The van der Waals surface area contributed by atoms with E-state index in [4.69, 9.17) is 9.15 Å². The van der Waals surface area contributed by atoms with Crippen LogP contribution < -0.4 is 10.1 Å². The fourth-order valence-corrected chi connectivity index (χ4v) is 2.71. The molecular formula is C21H20FNO3. The van der Waals surface area contributed by atoms with E-state index in [1.165, 1.54) is 12.1 Å². The molecule has 0 saturated carbocycles. The van der Waals surface area contributed by atoms with Crippen LogP contribution in [0, 0.1) is 12.7 Å². The van der Waals surface area contributed by atoms with E-state index in [2.05, 4.69) is 5.32 Å². The van der Waals surface area contributed by atoms with Crippen LogP contribution in [0.5, 0.6) is 5.75 Å². The number of methoxy groups -OCH3 is 1. The lowest BCUT2D eigenvalue weighted by Gasteiger charge is -2.09. The third-order valence-corrected chi connectivity index (χ3v) is 4.04. The number of carbonyl (C=O) groups excluding carboxylic acids is 1. The number of aryl methyl sites for hydroxylation is 1. The average molecular weight is 353 g/mol. The van der Waals surface area contributed by atoms with Gasteiger partial charge in [0.2, 0.25) is 5.91 Å². The molecule has 0 aliphatic heterocycles. The Bertz CT molecular complexity index is 900. The maximum Gasteiger partial charge on any atom is 0.224 e. The molecule has 1 aromatic heterocycles. The van der Waals surface area contributed by atoms with Crippen molar-refractivity contribution in [2.45, 2.75) is 19.9 Å². The summed E-state index contributed by atoms with van der Waals surface area (Å²) in [4.78, 5) is 12.2. The molecule has 1 heterocycles. The molecule has 134 valence electrons. The van der Waals surface area contributed by atoms with Crippen molar-refractivity contribution in [3.63, 3.8) is 0 Å². The normalized spacial score (nSPS) is 10.6. The van der Waals surface area contributed by atoms with Crippen molar-refractivity contribution in [3.05, 3.63) is 77.3 Å². The standard InChI is InChI=1S/C21H20FNO3/c1-14-3-9-19(25-2)16(11-14)12-21(24)23-13-18-8-10-20(26-18)15-4-6-17(22)7-5-15/h3-11H,12-13H2,1-2H3,(H,23,24). The van der Waals surface area contributed by atoms with E-state index >= 15 is 0 Å². The highest BCUT2D eigenvalue weighted by atomic mass is 19.1. The first-order valence-corrected chi connectivity index (χ1v) is 8.30. The number of benzene rings is 2. The molecule has 4 nitrogen and oxygen atoms in total. The molecule has 3 rings (SSSR count). The van der Waals surface area contributed by atoms with Crippen molar-refractivity contribution in [1.82, 2.24) is 5.32 Å². The Labute approximate surface area is 151 Å². The van der Waals surface area contributed by atoms with Gasteiger partial charge in [-0.1, -0.05) is 17.7 Å². The van der Waals surface area contributed by atoms with Crippen molar-refractivity contribution in [2.24, 2.45) is 0 Å². The summed E-state index contributed by atoms with van der Waals surface area (Å²) < 4.78 is 24.0. The summed E-state index contributed by atoms with van der Waals surface area (Å²) in [5.74, 6) is 1.55. The Kier molecular flexibility index (Phi) is 5.37. The van der Waals surface area contributed by atoms with Gasteiger partial charge in [0.25, 0.3) is 0 Å². The number of nitrogens with one attached hydrogen (secondary N) is 1. The maximum absolute atomic E-state index is 13.0. The molecule has 0 unspecified atom stereocenters. The van der Waals surface area contributed by atoms with E-state index in [0.717, 1.165) is 16.7 Å². The van der Waals surface area contributed by atoms with Crippen LogP contribution in [0.4, 0.5) is 4.39 Å². The number of halogens is 1. The van der Waals surface area contributed by atoms with Gasteiger partial charge < -0.3 is 14.5 Å². The summed E-state index contributed by atoms with van der Waals surface area (Å²) in [5, 5.41) is 2.84. The molecular weight excluding hydrogens is 333 g/mol. The molecule has 0 spiro atoms. The first-order chi connectivity index (χ1) is 12.5. The maximum atomic E-state index is 13.0. The van der Waals surface area contributed by atoms with Crippen molar-refractivity contribution >= 4 is 5.91 Å². The lowest BCUT2D eigenvalue weighted by molar-refractivity contribution is -0.120. The Hall–Kier alpha value is -3.08. The average Bonchev–Trinajstić information content (AvgIpc) is 3.10. The number of ether oxygens (including phenoxy) is 1. The molecule has 0 atom stereocenters. The molecule has 3 aromatic rings. The van der Waals surface area contributed by atoms with Crippen LogP contribution in [-0.2, 0) is 17.8 Å². The van der Waals surface area contributed by atoms with Gasteiger partial charge >= 0.3 is 0 Å². The summed E-state index contributed by atoms with van der Waals surface area (Å²) in [6, 6.07) is 15.4. The molecule has 26 heavy (non-hydrogen) atoms. The van der Waals surface area contributed by atoms with Crippen LogP contribution in [0.2, 0.25) is 0 Å². The number of hydrogen-bond acceptors (Lipinski definition) is 3. The van der Waals surface area contributed by atoms with Gasteiger partial charge in [-0.05, 0) is 49.4 Å². The highest BCUT2D eigenvalue weighted by molar-refractivity contribution is 5.79. The van der Waals surface area contributed by atoms with Crippen LogP contribution in [0.25, 0.3) is 11.3 Å². The highest BCUT2D eigenvalue weighted by Gasteiger charge is 2.10. The van der Waals surface area contributed by atoms with E-state index in [0.29, 0.717) is 17.3 Å². The third-order valence-electron chi connectivity index (χ3n) is 4.04. The van der Waals surface area contributed by atoms with E-state index < -0.39 is 0 Å². The summed E-state index contributed by atoms with van der Waals surface area (Å²) in [7, 11) is 1.59. The van der Waals surface area contributed by atoms with Crippen LogP contribution in [-0.4, -0.2) is 13.0 Å². The van der Waals surface area contributed by atoms with Gasteiger partial charge in [-0.15, -0.1) is 0 Å². The number of hydrogen-bond donors (Lipinski definition) is 1. The van der Waals surface area contributed by atoms with E-state index in [9.17, 15) is 9.18 Å². The van der Waals surface area contributed by atoms with Crippen molar-refractivity contribution in [1.29, 1.82) is 0 Å². The second-order valence-electron chi connectivity index (χ2n) is 6.04. The molecule has 0 aliphatic rings. The van der Waals surface area contributed by atoms with Gasteiger partial charge in [-0.3, -0.25) is 4.79 Å².